The van der Waals surface area contributed by atoms with Crippen molar-refractivity contribution in [3.05, 3.63) is 63.7 Å². The number of benzene rings is 2. The highest BCUT2D eigenvalue weighted by Gasteiger charge is 2.17. The first-order valence-electron chi connectivity index (χ1n) is 7.98. The first-order valence-corrected chi connectivity index (χ1v) is 7.98. The minimum Gasteiger partial charge on any atom is -0.497 e. The Morgan fingerprint density at radius 3 is 2.52 bits per heavy atom. The number of nitro groups is 1. The van der Waals surface area contributed by atoms with E-state index in [0.29, 0.717) is 18.8 Å². The lowest BCUT2D eigenvalue weighted by molar-refractivity contribution is -0.384. The maximum atomic E-state index is 12.3. The van der Waals surface area contributed by atoms with Gasteiger partial charge in [0.15, 0.2) is 0 Å². The lowest BCUT2D eigenvalue weighted by Crippen LogP contribution is -2.23. The van der Waals surface area contributed by atoms with Crippen molar-refractivity contribution in [2.75, 3.05) is 19.0 Å². The first kappa shape index (κ1) is 18.3. The van der Waals surface area contributed by atoms with Crippen molar-refractivity contribution in [2.45, 2.75) is 19.9 Å². The Hall–Kier alpha value is -3.09. The van der Waals surface area contributed by atoms with E-state index in [0.717, 1.165) is 17.7 Å². The van der Waals surface area contributed by atoms with Gasteiger partial charge in [0.1, 0.15) is 11.4 Å². The molecule has 0 heterocycles. The van der Waals surface area contributed by atoms with Gasteiger partial charge in [-0.1, -0.05) is 19.1 Å². The zero-order valence-electron chi connectivity index (χ0n) is 14.2. The largest absolute Gasteiger partial charge is 0.497 e. The fourth-order valence-electron chi connectivity index (χ4n) is 2.26. The van der Waals surface area contributed by atoms with Gasteiger partial charge in [-0.25, -0.2) is 0 Å². The Kier molecular flexibility index (Phi) is 6.33. The number of methoxy groups -OCH3 is 1. The summed E-state index contributed by atoms with van der Waals surface area (Å²) in [6.07, 6.45) is 0.848. The Morgan fingerprint density at radius 2 is 1.92 bits per heavy atom. The van der Waals surface area contributed by atoms with Crippen molar-refractivity contribution in [3.63, 3.8) is 0 Å². The monoisotopic (exact) mass is 343 g/mol. The molecule has 0 aromatic heterocycles. The number of rotatable bonds is 8. The third-order valence-corrected chi connectivity index (χ3v) is 3.63. The number of nitro benzene ring substituents is 1. The molecular weight excluding hydrogens is 322 g/mol. The van der Waals surface area contributed by atoms with Gasteiger partial charge in [0.05, 0.1) is 12.0 Å². The third-order valence-electron chi connectivity index (χ3n) is 3.63. The highest BCUT2D eigenvalue weighted by molar-refractivity contribution is 5.95. The van der Waals surface area contributed by atoms with Gasteiger partial charge in [0.25, 0.3) is 11.6 Å². The van der Waals surface area contributed by atoms with Crippen LogP contribution in [0.15, 0.2) is 42.5 Å². The molecule has 132 valence electrons. The molecule has 0 unspecified atom stereocenters. The van der Waals surface area contributed by atoms with Crippen LogP contribution in [0.2, 0.25) is 0 Å². The molecule has 2 rings (SSSR count). The predicted octanol–water partition coefficient (Wildman–Crippen LogP) is 3.36. The number of nitrogens with one attached hydrogen (secondary N) is 2. The molecule has 0 bridgehead atoms. The summed E-state index contributed by atoms with van der Waals surface area (Å²) in [4.78, 5) is 23.0. The molecule has 2 aromatic rings. The van der Waals surface area contributed by atoms with Gasteiger partial charge in [-0.3, -0.25) is 14.9 Å². The van der Waals surface area contributed by atoms with Crippen LogP contribution in [0.4, 0.5) is 11.4 Å². The second-order valence-corrected chi connectivity index (χ2v) is 5.45. The standard InChI is InChI=1S/C18H21N3O4/c1-3-10-19-16-9-6-14(11-17(16)21(23)24)18(22)20-12-13-4-7-15(25-2)8-5-13/h4-9,11,19H,3,10,12H2,1-2H3,(H,20,22). The number of nitrogens with zero attached hydrogens (tertiary/aromatic N) is 1. The predicted molar refractivity (Wildman–Crippen MR) is 96.0 cm³/mol. The summed E-state index contributed by atoms with van der Waals surface area (Å²) in [5, 5.41) is 17.0. The zero-order chi connectivity index (χ0) is 18.2. The highest BCUT2D eigenvalue weighted by Crippen LogP contribution is 2.25. The molecule has 25 heavy (non-hydrogen) atoms. The number of amides is 1. The van der Waals surface area contributed by atoms with E-state index in [9.17, 15) is 14.9 Å². The molecule has 0 aliphatic rings. The molecule has 0 atom stereocenters. The van der Waals surface area contributed by atoms with E-state index in [-0.39, 0.29) is 17.2 Å². The van der Waals surface area contributed by atoms with E-state index in [4.69, 9.17) is 4.74 Å². The van der Waals surface area contributed by atoms with Gasteiger partial charge >= 0.3 is 0 Å². The molecule has 0 spiro atoms. The molecule has 0 fully saturated rings. The van der Waals surface area contributed by atoms with E-state index in [1.807, 2.05) is 19.1 Å². The molecule has 1 amide bonds. The van der Waals surface area contributed by atoms with Crippen LogP contribution in [-0.2, 0) is 6.54 Å². The molecule has 2 N–H and O–H groups in total. The Bertz CT molecular complexity index is 744. The Morgan fingerprint density at radius 1 is 1.20 bits per heavy atom. The van der Waals surface area contributed by atoms with Crippen molar-refractivity contribution in [1.29, 1.82) is 0 Å². The van der Waals surface area contributed by atoms with Gasteiger partial charge in [-0.2, -0.15) is 0 Å². The van der Waals surface area contributed by atoms with Crippen LogP contribution in [0, 0.1) is 10.1 Å². The Balaban J connectivity index is 2.07. The summed E-state index contributed by atoms with van der Waals surface area (Å²) in [7, 11) is 1.59. The molecule has 0 aliphatic heterocycles. The molecule has 0 aliphatic carbocycles. The number of hydrogen-bond acceptors (Lipinski definition) is 5. The van der Waals surface area contributed by atoms with Crippen molar-refractivity contribution in [3.8, 4) is 5.75 Å². The van der Waals surface area contributed by atoms with Crippen molar-refractivity contribution >= 4 is 17.3 Å². The SMILES string of the molecule is CCCNc1ccc(C(=O)NCc2ccc(OC)cc2)cc1[N+](=O)[O-]. The lowest BCUT2D eigenvalue weighted by atomic mass is 10.1. The van der Waals surface area contributed by atoms with E-state index in [2.05, 4.69) is 10.6 Å². The van der Waals surface area contributed by atoms with Gasteiger partial charge in [-0.15, -0.1) is 0 Å². The number of carbonyl (C=O) groups excluding carboxylic acids is 1. The highest BCUT2D eigenvalue weighted by atomic mass is 16.6. The number of carbonyl (C=O) groups is 1. The van der Waals surface area contributed by atoms with Gasteiger partial charge in [0.2, 0.25) is 0 Å². The maximum Gasteiger partial charge on any atom is 0.293 e. The van der Waals surface area contributed by atoms with E-state index >= 15 is 0 Å². The summed E-state index contributed by atoms with van der Waals surface area (Å²) < 4.78 is 5.08. The smallest absolute Gasteiger partial charge is 0.293 e. The van der Waals surface area contributed by atoms with Crippen molar-refractivity contribution in [1.82, 2.24) is 5.32 Å². The van der Waals surface area contributed by atoms with E-state index < -0.39 is 4.92 Å². The summed E-state index contributed by atoms with van der Waals surface area (Å²) in [5.74, 6) is 0.377. The molecule has 7 nitrogen and oxygen atoms in total. The molecule has 7 heteroatoms. The van der Waals surface area contributed by atoms with Crippen molar-refractivity contribution in [2.24, 2.45) is 0 Å². The fraction of sp³-hybridized carbons (Fsp3) is 0.278. The van der Waals surface area contributed by atoms with Crippen LogP contribution in [0.5, 0.6) is 5.75 Å². The molecule has 0 radical (unpaired) electrons. The maximum absolute atomic E-state index is 12.3. The summed E-state index contributed by atoms with van der Waals surface area (Å²) in [5.41, 5.74) is 1.47. The average Bonchev–Trinajstić information content (AvgIpc) is 2.64. The normalized spacial score (nSPS) is 10.2. The van der Waals surface area contributed by atoms with Gasteiger partial charge < -0.3 is 15.4 Å². The van der Waals surface area contributed by atoms with Crippen LogP contribution in [0.25, 0.3) is 0 Å². The number of hydrogen-bond donors (Lipinski definition) is 2. The van der Waals surface area contributed by atoms with E-state index in [1.54, 1.807) is 31.4 Å². The van der Waals surface area contributed by atoms with Crippen molar-refractivity contribution < 1.29 is 14.5 Å². The molecule has 0 saturated heterocycles. The lowest BCUT2D eigenvalue weighted by Gasteiger charge is -2.09. The molecule has 0 saturated carbocycles. The van der Waals surface area contributed by atoms with Crippen LogP contribution in [0.1, 0.15) is 29.3 Å². The summed E-state index contributed by atoms with van der Waals surface area (Å²) in [6, 6.07) is 11.7. The summed E-state index contributed by atoms with van der Waals surface area (Å²) >= 11 is 0. The van der Waals surface area contributed by atoms with Gasteiger partial charge in [0, 0.05) is 24.7 Å². The molecule has 2 aromatic carbocycles. The van der Waals surface area contributed by atoms with Crippen LogP contribution in [-0.4, -0.2) is 24.5 Å². The average molecular weight is 343 g/mol. The minimum atomic E-state index is -0.488. The topological polar surface area (TPSA) is 93.5 Å². The first-order chi connectivity index (χ1) is 12.0. The quantitative estimate of drug-likeness (QED) is 0.566. The van der Waals surface area contributed by atoms with Crippen LogP contribution < -0.4 is 15.4 Å². The minimum absolute atomic E-state index is 0.106. The number of anilines is 1. The molecular formula is C18H21N3O4. The number of ether oxygens (including phenoxy) is 1. The van der Waals surface area contributed by atoms with Crippen LogP contribution >= 0.6 is 0 Å². The second-order valence-electron chi connectivity index (χ2n) is 5.45. The second kappa shape index (κ2) is 8.68. The third kappa shape index (κ3) is 4.94. The van der Waals surface area contributed by atoms with Crippen LogP contribution in [0.3, 0.4) is 0 Å². The Labute approximate surface area is 146 Å². The van der Waals surface area contributed by atoms with E-state index in [1.165, 1.54) is 6.07 Å². The van der Waals surface area contributed by atoms with Gasteiger partial charge in [-0.05, 0) is 36.2 Å². The zero-order valence-corrected chi connectivity index (χ0v) is 14.2. The summed E-state index contributed by atoms with van der Waals surface area (Å²) in [6.45, 7) is 2.93. The fourth-order valence-corrected chi connectivity index (χ4v) is 2.26.